The minimum absolute atomic E-state index is 0.0424. The first-order chi connectivity index (χ1) is 16.7. The fourth-order valence-corrected chi connectivity index (χ4v) is 4.10. The Morgan fingerprint density at radius 1 is 0.714 bits per heavy atom. The summed E-state index contributed by atoms with van der Waals surface area (Å²) in [5.74, 6) is -7.43. The van der Waals surface area contributed by atoms with Gasteiger partial charge in [-0.15, -0.1) is 0 Å². The summed E-state index contributed by atoms with van der Waals surface area (Å²) in [7, 11) is 4.31. The van der Waals surface area contributed by atoms with Gasteiger partial charge in [0.2, 0.25) is 0 Å². The molecular formula is C24H23NO10. The van der Waals surface area contributed by atoms with Crippen molar-refractivity contribution in [2.24, 2.45) is 16.8 Å². The second-order valence-corrected chi connectivity index (χ2v) is 7.28. The van der Waals surface area contributed by atoms with Gasteiger partial charge in [-0.3, -0.25) is 0 Å². The van der Waals surface area contributed by atoms with Crippen LogP contribution in [-0.4, -0.2) is 70.6 Å². The Morgan fingerprint density at radius 2 is 1.26 bits per heavy atom. The van der Waals surface area contributed by atoms with Crippen LogP contribution in [-0.2, 0) is 47.7 Å². The first-order valence-electron chi connectivity index (χ1n) is 10.4. The van der Waals surface area contributed by atoms with Crippen LogP contribution in [0.15, 0.2) is 62.9 Å². The van der Waals surface area contributed by atoms with E-state index >= 15 is 0 Å². The van der Waals surface area contributed by atoms with E-state index in [1.165, 1.54) is 12.2 Å². The number of nitrogens with zero attached hydrogens (tertiary/aromatic N) is 1. The molecular weight excluding hydrogens is 462 g/mol. The van der Waals surface area contributed by atoms with Crippen molar-refractivity contribution < 1.29 is 47.7 Å². The van der Waals surface area contributed by atoms with E-state index in [1.807, 2.05) is 0 Å². The largest absolute Gasteiger partial charge is 0.466 e. The second-order valence-electron chi connectivity index (χ2n) is 7.28. The van der Waals surface area contributed by atoms with Crippen LogP contribution >= 0.6 is 0 Å². The number of aliphatic imine (C=N–C) groups is 1. The molecule has 0 spiro atoms. The Kier molecular flexibility index (Phi) is 7.48. The van der Waals surface area contributed by atoms with E-state index in [0.717, 1.165) is 28.4 Å². The van der Waals surface area contributed by atoms with E-state index in [4.69, 9.17) is 23.7 Å². The molecule has 35 heavy (non-hydrogen) atoms. The van der Waals surface area contributed by atoms with Gasteiger partial charge < -0.3 is 23.7 Å². The molecule has 0 saturated carbocycles. The predicted molar refractivity (Wildman–Crippen MR) is 118 cm³/mol. The lowest BCUT2D eigenvalue weighted by molar-refractivity contribution is -0.142. The second kappa shape index (κ2) is 10.3. The monoisotopic (exact) mass is 485 g/mol. The molecule has 0 amide bonds. The van der Waals surface area contributed by atoms with Gasteiger partial charge in [0.1, 0.15) is 0 Å². The van der Waals surface area contributed by atoms with Gasteiger partial charge in [0, 0.05) is 11.5 Å². The summed E-state index contributed by atoms with van der Waals surface area (Å²) in [4.78, 5) is 69.8. The maximum absolute atomic E-state index is 13.3. The lowest BCUT2D eigenvalue weighted by Crippen LogP contribution is -2.33. The zero-order chi connectivity index (χ0) is 25.9. The molecule has 0 aromatic heterocycles. The summed E-state index contributed by atoms with van der Waals surface area (Å²) in [5, 5.41) is 0. The highest BCUT2D eigenvalue weighted by Crippen LogP contribution is 2.44. The van der Waals surface area contributed by atoms with Gasteiger partial charge in [-0.05, 0) is 13.0 Å². The average molecular weight is 485 g/mol. The van der Waals surface area contributed by atoms with Crippen LogP contribution in [0.2, 0.25) is 0 Å². The normalized spacial score (nSPS) is 22.5. The molecule has 0 N–H and O–H groups in total. The van der Waals surface area contributed by atoms with Gasteiger partial charge in [-0.2, -0.15) is 0 Å². The minimum atomic E-state index is -1.64. The van der Waals surface area contributed by atoms with Crippen molar-refractivity contribution in [3.8, 4) is 0 Å². The summed E-state index contributed by atoms with van der Waals surface area (Å²) in [6, 6.07) is 0. The van der Waals surface area contributed by atoms with E-state index < -0.39 is 58.5 Å². The highest BCUT2D eigenvalue weighted by Gasteiger charge is 2.47. The van der Waals surface area contributed by atoms with Gasteiger partial charge in [-0.1, -0.05) is 18.2 Å². The number of ether oxygens (including phenoxy) is 5. The summed E-state index contributed by atoms with van der Waals surface area (Å²) < 4.78 is 24.9. The smallest absolute Gasteiger partial charge is 0.357 e. The van der Waals surface area contributed by atoms with Crippen LogP contribution in [0.3, 0.4) is 0 Å². The Bertz CT molecular complexity index is 1190. The highest BCUT2D eigenvalue weighted by atomic mass is 16.5. The fraction of sp³-hybridized carbons (Fsp3) is 0.333. The van der Waals surface area contributed by atoms with Crippen molar-refractivity contribution in [3.63, 3.8) is 0 Å². The summed E-state index contributed by atoms with van der Waals surface area (Å²) >= 11 is 0. The highest BCUT2D eigenvalue weighted by molar-refractivity contribution is 6.21. The summed E-state index contributed by atoms with van der Waals surface area (Å²) in [6.45, 7) is 1.53. The third-order valence-corrected chi connectivity index (χ3v) is 5.56. The Hall–Kier alpha value is -4.28. The number of allylic oxidation sites excluding steroid dienone is 5. The number of hydrogen-bond acceptors (Lipinski definition) is 11. The molecule has 11 heteroatoms. The molecule has 2 aliphatic carbocycles. The van der Waals surface area contributed by atoms with Gasteiger partial charge in [0.05, 0.1) is 69.0 Å². The molecule has 0 saturated heterocycles. The Morgan fingerprint density at radius 3 is 1.83 bits per heavy atom. The SMILES string of the molecule is CCOC(=O)C1=C2C=CC3C=CC2=NC(C(=O)OC)=C(C(=O)OC)C1/C(C(=O)OC)=C\3C(=O)OC. The van der Waals surface area contributed by atoms with E-state index in [2.05, 4.69) is 4.99 Å². The fourth-order valence-electron chi connectivity index (χ4n) is 4.10. The van der Waals surface area contributed by atoms with Crippen molar-refractivity contribution >= 4 is 35.6 Å². The van der Waals surface area contributed by atoms with Crippen LogP contribution in [0.1, 0.15) is 6.92 Å². The van der Waals surface area contributed by atoms with E-state index in [9.17, 15) is 24.0 Å². The molecule has 3 rings (SSSR count). The lowest BCUT2D eigenvalue weighted by atomic mass is 9.75. The minimum Gasteiger partial charge on any atom is -0.466 e. The molecule has 1 heterocycles. The molecule has 2 atom stereocenters. The maximum atomic E-state index is 13.3. The average Bonchev–Trinajstić information content (AvgIpc) is 3.12. The lowest BCUT2D eigenvalue weighted by Gasteiger charge is -2.27. The van der Waals surface area contributed by atoms with Gasteiger partial charge in [0.25, 0.3) is 0 Å². The maximum Gasteiger partial charge on any atom is 0.357 e. The van der Waals surface area contributed by atoms with Gasteiger partial charge in [0.15, 0.2) is 5.70 Å². The third-order valence-electron chi connectivity index (χ3n) is 5.56. The van der Waals surface area contributed by atoms with Gasteiger partial charge >= 0.3 is 29.8 Å². The van der Waals surface area contributed by atoms with Crippen LogP contribution in [0.5, 0.6) is 0 Å². The third kappa shape index (κ3) is 4.32. The standard InChI is InChI=1S/C24H23NO10/c1-6-35-23(29)15-12-9-7-11-8-10-13(12)25-19(24(30)34-5)18(22(28)33-4)16(15)17(21(27)32-3)14(11)20(26)31-2/h7-11,16H,6H2,1-5H3/b17-14-. The molecule has 0 fully saturated rings. The Balaban J connectivity index is 2.65. The number of esters is 5. The van der Waals surface area contributed by atoms with E-state index in [0.29, 0.717) is 0 Å². The van der Waals surface area contributed by atoms with Crippen LogP contribution < -0.4 is 0 Å². The number of rotatable bonds is 6. The molecule has 3 bridgehead atoms. The zero-order valence-electron chi connectivity index (χ0n) is 19.7. The van der Waals surface area contributed by atoms with Crippen LogP contribution in [0, 0.1) is 11.8 Å². The number of hydrogen-bond donors (Lipinski definition) is 0. The number of carbonyl (C=O) groups excluding carboxylic acids is 5. The van der Waals surface area contributed by atoms with Crippen molar-refractivity contribution in [1.82, 2.24) is 0 Å². The van der Waals surface area contributed by atoms with Crippen LogP contribution in [0.4, 0.5) is 0 Å². The first kappa shape index (κ1) is 25.3. The quantitative estimate of drug-likeness (QED) is 0.393. The van der Waals surface area contributed by atoms with E-state index in [1.54, 1.807) is 19.1 Å². The van der Waals surface area contributed by atoms with Crippen molar-refractivity contribution in [2.45, 2.75) is 6.92 Å². The van der Waals surface area contributed by atoms with E-state index in [-0.39, 0.29) is 29.0 Å². The number of fused-ring (bicyclic) bond motifs is 2. The number of carbonyl (C=O) groups is 5. The molecule has 184 valence electrons. The Labute approximate surface area is 200 Å². The molecule has 0 aromatic carbocycles. The summed E-state index contributed by atoms with van der Waals surface area (Å²) in [5.41, 5.74) is -1.55. The molecule has 11 nitrogen and oxygen atoms in total. The molecule has 0 aromatic rings. The van der Waals surface area contributed by atoms with Gasteiger partial charge in [-0.25, -0.2) is 29.0 Å². The number of methoxy groups -OCH3 is 4. The molecule has 1 aliphatic heterocycles. The summed E-state index contributed by atoms with van der Waals surface area (Å²) in [6.07, 6.45) is 6.07. The zero-order valence-corrected chi connectivity index (χ0v) is 19.7. The van der Waals surface area contributed by atoms with Crippen molar-refractivity contribution in [2.75, 3.05) is 35.0 Å². The molecule has 2 unspecified atom stereocenters. The van der Waals surface area contributed by atoms with Crippen molar-refractivity contribution in [1.29, 1.82) is 0 Å². The first-order valence-corrected chi connectivity index (χ1v) is 10.4. The topological polar surface area (TPSA) is 144 Å². The van der Waals surface area contributed by atoms with Crippen molar-refractivity contribution in [3.05, 3.63) is 57.9 Å². The van der Waals surface area contributed by atoms with Crippen LogP contribution in [0.25, 0.3) is 0 Å². The predicted octanol–water partition coefficient (Wildman–Crippen LogP) is 0.915. The molecule has 0 radical (unpaired) electrons. The molecule has 3 aliphatic rings.